The molecule has 0 fully saturated rings. The Bertz CT molecular complexity index is 931. The molecular formula is C20H19NO4S. The number of nitrogens with one attached hydrogen (secondary N) is 1. The summed E-state index contributed by atoms with van der Waals surface area (Å²) < 4.78 is 11.5. The normalized spacial score (nSPS) is 10.5. The maximum absolute atomic E-state index is 12.6. The molecule has 1 amide bonds. The maximum Gasteiger partial charge on any atom is 0.341 e. The van der Waals surface area contributed by atoms with Gasteiger partial charge in [-0.1, -0.05) is 18.2 Å². The summed E-state index contributed by atoms with van der Waals surface area (Å²) in [5.41, 5.74) is 0.882. The fraction of sp³-hybridized carbons (Fsp3) is 0.200. The van der Waals surface area contributed by atoms with Crippen LogP contribution in [0.5, 0.6) is 5.75 Å². The first-order chi connectivity index (χ1) is 12.6. The van der Waals surface area contributed by atoms with Crippen molar-refractivity contribution in [2.24, 2.45) is 0 Å². The zero-order valence-corrected chi connectivity index (χ0v) is 15.4. The Labute approximate surface area is 155 Å². The molecule has 1 heterocycles. The van der Waals surface area contributed by atoms with E-state index in [1.807, 2.05) is 31.2 Å². The van der Waals surface area contributed by atoms with Crippen LogP contribution in [0.25, 0.3) is 10.1 Å². The van der Waals surface area contributed by atoms with Crippen LogP contribution in [-0.2, 0) is 4.74 Å². The summed E-state index contributed by atoms with van der Waals surface area (Å²) in [5.74, 6) is -0.0183. The van der Waals surface area contributed by atoms with E-state index in [0.717, 1.165) is 10.1 Å². The number of hydrogen-bond donors (Lipinski definition) is 1. The Hall–Kier alpha value is -2.86. The minimum Gasteiger partial charge on any atom is -0.494 e. The van der Waals surface area contributed by atoms with Gasteiger partial charge in [0.15, 0.2) is 0 Å². The van der Waals surface area contributed by atoms with Crippen LogP contribution in [0.4, 0.5) is 5.00 Å². The van der Waals surface area contributed by atoms with Gasteiger partial charge in [-0.2, -0.15) is 0 Å². The molecule has 0 aliphatic rings. The largest absolute Gasteiger partial charge is 0.494 e. The van der Waals surface area contributed by atoms with Crippen LogP contribution in [0.1, 0.15) is 34.6 Å². The summed E-state index contributed by atoms with van der Waals surface area (Å²) in [6.07, 6.45) is 0. The van der Waals surface area contributed by atoms with Crippen LogP contribution in [0, 0.1) is 0 Å². The summed E-state index contributed by atoms with van der Waals surface area (Å²) >= 11 is 1.35. The molecule has 0 radical (unpaired) electrons. The van der Waals surface area contributed by atoms with E-state index in [0.29, 0.717) is 28.5 Å². The van der Waals surface area contributed by atoms with Gasteiger partial charge in [0, 0.05) is 15.6 Å². The van der Waals surface area contributed by atoms with E-state index < -0.39 is 5.97 Å². The third kappa shape index (κ3) is 3.70. The van der Waals surface area contributed by atoms with Crippen molar-refractivity contribution < 1.29 is 19.1 Å². The number of thiophene rings is 1. The standard InChI is InChI=1S/C20H19NO4S/c1-3-24-14-11-9-13(10-12-14)18(22)21-19-17(20(23)25-4-2)15-7-5-6-8-16(15)26-19/h5-12H,3-4H2,1-2H3,(H,21,22). The fourth-order valence-corrected chi connectivity index (χ4v) is 3.67. The first kappa shape index (κ1) is 17.9. The average molecular weight is 369 g/mol. The van der Waals surface area contributed by atoms with E-state index in [1.54, 1.807) is 31.2 Å². The molecule has 0 unspecified atom stereocenters. The van der Waals surface area contributed by atoms with Gasteiger partial charge >= 0.3 is 5.97 Å². The van der Waals surface area contributed by atoms with Crippen molar-refractivity contribution in [2.75, 3.05) is 18.5 Å². The lowest BCUT2D eigenvalue weighted by atomic mass is 10.1. The molecular weight excluding hydrogens is 350 g/mol. The van der Waals surface area contributed by atoms with Crippen molar-refractivity contribution in [3.63, 3.8) is 0 Å². The van der Waals surface area contributed by atoms with Gasteiger partial charge in [-0.15, -0.1) is 11.3 Å². The predicted octanol–water partition coefficient (Wildman–Crippen LogP) is 4.73. The fourth-order valence-electron chi connectivity index (χ4n) is 2.58. The molecule has 2 aromatic carbocycles. The number of ether oxygens (including phenoxy) is 2. The molecule has 26 heavy (non-hydrogen) atoms. The molecule has 0 atom stereocenters. The molecule has 0 saturated carbocycles. The molecule has 6 heteroatoms. The van der Waals surface area contributed by atoms with Crippen LogP contribution in [-0.4, -0.2) is 25.1 Å². The van der Waals surface area contributed by atoms with Crippen molar-refractivity contribution in [3.8, 4) is 5.75 Å². The van der Waals surface area contributed by atoms with Crippen molar-refractivity contribution >= 4 is 38.3 Å². The van der Waals surface area contributed by atoms with E-state index >= 15 is 0 Å². The van der Waals surface area contributed by atoms with Crippen molar-refractivity contribution in [1.82, 2.24) is 0 Å². The molecule has 0 aliphatic carbocycles. The topological polar surface area (TPSA) is 64.6 Å². The average Bonchev–Trinajstić information content (AvgIpc) is 3.00. The van der Waals surface area contributed by atoms with Crippen LogP contribution in [0.15, 0.2) is 48.5 Å². The number of rotatable bonds is 6. The summed E-state index contributed by atoms with van der Waals surface area (Å²) in [4.78, 5) is 25.0. The van der Waals surface area contributed by atoms with Gasteiger partial charge in [-0.05, 0) is 44.2 Å². The Morgan fingerprint density at radius 1 is 1.00 bits per heavy atom. The zero-order chi connectivity index (χ0) is 18.5. The van der Waals surface area contributed by atoms with Gasteiger partial charge in [0.25, 0.3) is 5.91 Å². The Kier molecular flexibility index (Phi) is 5.53. The molecule has 0 aliphatic heterocycles. The highest BCUT2D eigenvalue weighted by atomic mass is 32.1. The van der Waals surface area contributed by atoms with Crippen LogP contribution in [0.2, 0.25) is 0 Å². The highest BCUT2D eigenvalue weighted by Crippen LogP contribution is 2.36. The number of anilines is 1. The number of carbonyl (C=O) groups is 2. The molecule has 0 spiro atoms. The number of hydrogen-bond acceptors (Lipinski definition) is 5. The highest BCUT2D eigenvalue weighted by Gasteiger charge is 2.21. The second-order valence-electron chi connectivity index (χ2n) is 5.43. The second kappa shape index (κ2) is 8.01. The van der Waals surface area contributed by atoms with Gasteiger partial charge in [-0.3, -0.25) is 4.79 Å². The maximum atomic E-state index is 12.6. The van der Waals surface area contributed by atoms with Gasteiger partial charge in [0.2, 0.25) is 0 Å². The lowest BCUT2D eigenvalue weighted by Gasteiger charge is -2.08. The lowest BCUT2D eigenvalue weighted by Crippen LogP contribution is -2.14. The van der Waals surface area contributed by atoms with E-state index in [1.165, 1.54) is 11.3 Å². The Morgan fingerprint density at radius 3 is 2.42 bits per heavy atom. The highest BCUT2D eigenvalue weighted by molar-refractivity contribution is 7.23. The van der Waals surface area contributed by atoms with Crippen LogP contribution < -0.4 is 10.1 Å². The Balaban J connectivity index is 1.91. The second-order valence-corrected chi connectivity index (χ2v) is 6.49. The van der Waals surface area contributed by atoms with Crippen LogP contribution >= 0.6 is 11.3 Å². The number of benzene rings is 2. The SMILES string of the molecule is CCOC(=O)c1c(NC(=O)c2ccc(OCC)cc2)sc2ccccc12. The van der Waals surface area contributed by atoms with E-state index in [9.17, 15) is 9.59 Å². The first-order valence-corrected chi connectivity index (χ1v) is 9.18. The number of fused-ring (bicyclic) bond motifs is 1. The number of carbonyl (C=O) groups excluding carboxylic acids is 2. The summed E-state index contributed by atoms with van der Waals surface area (Å²) in [6, 6.07) is 14.4. The molecule has 1 aromatic heterocycles. The number of esters is 1. The zero-order valence-electron chi connectivity index (χ0n) is 14.6. The minimum absolute atomic E-state index is 0.273. The monoisotopic (exact) mass is 369 g/mol. The molecule has 134 valence electrons. The minimum atomic E-state index is -0.438. The van der Waals surface area contributed by atoms with Crippen LogP contribution in [0.3, 0.4) is 0 Å². The summed E-state index contributed by atoms with van der Waals surface area (Å²) in [6.45, 7) is 4.50. The summed E-state index contributed by atoms with van der Waals surface area (Å²) in [7, 11) is 0. The van der Waals surface area contributed by atoms with Gasteiger partial charge < -0.3 is 14.8 Å². The van der Waals surface area contributed by atoms with Crippen molar-refractivity contribution in [1.29, 1.82) is 0 Å². The van der Waals surface area contributed by atoms with Gasteiger partial charge in [-0.25, -0.2) is 4.79 Å². The Morgan fingerprint density at radius 2 is 1.73 bits per heavy atom. The first-order valence-electron chi connectivity index (χ1n) is 8.37. The third-order valence-electron chi connectivity index (χ3n) is 3.73. The molecule has 0 bridgehead atoms. The quantitative estimate of drug-likeness (QED) is 0.638. The van der Waals surface area contributed by atoms with E-state index in [-0.39, 0.29) is 12.5 Å². The van der Waals surface area contributed by atoms with Gasteiger partial charge in [0.05, 0.1) is 13.2 Å². The van der Waals surface area contributed by atoms with E-state index in [4.69, 9.17) is 9.47 Å². The predicted molar refractivity (Wildman–Crippen MR) is 103 cm³/mol. The van der Waals surface area contributed by atoms with Crippen molar-refractivity contribution in [2.45, 2.75) is 13.8 Å². The molecule has 3 rings (SSSR count). The number of amides is 1. The third-order valence-corrected chi connectivity index (χ3v) is 4.82. The molecule has 3 aromatic rings. The summed E-state index contributed by atoms with van der Waals surface area (Å²) in [5, 5.41) is 4.11. The lowest BCUT2D eigenvalue weighted by molar-refractivity contribution is 0.0530. The molecule has 5 nitrogen and oxygen atoms in total. The van der Waals surface area contributed by atoms with Gasteiger partial charge in [0.1, 0.15) is 16.3 Å². The molecule has 0 saturated heterocycles. The van der Waals surface area contributed by atoms with E-state index in [2.05, 4.69) is 5.32 Å². The molecule has 1 N–H and O–H groups in total. The smallest absolute Gasteiger partial charge is 0.341 e. The van der Waals surface area contributed by atoms with Crippen molar-refractivity contribution in [3.05, 3.63) is 59.7 Å².